The lowest BCUT2D eigenvalue weighted by Gasteiger charge is -2.64. The van der Waals surface area contributed by atoms with E-state index in [1.54, 1.807) is 5.57 Å². The molecule has 2 aromatic rings. The molecule has 2 nitrogen and oxygen atoms in total. The summed E-state index contributed by atoms with van der Waals surface area (Å²) >= 11 is 0. The Kier molecular flexibility index (Phi) is 6.40. The second-order valence-electron chi connectivity index (χ2n) is 15.1. The van der Waals surface area contributed by atoms with Gasteiger partial charge in [0.25, 0.3) is 0 Å². The van der Waals surface area contributed by atoms with Gasteiger partial charge in [0.15, 0.2) is 0 Å². The van der Waals surface area contributed by atoms with Crippen LogP contribution in [0.25, 0.3) is 0 Å². The molecule has 5 aliphatic rings. The fourth-order valence-electron chi connectivity index (χ4n) is 9.66. The SMILES string of the molecule is C[Si](C)(C)C1=CC(C(P)(c2cc[nH]c2)c2cc[nH]c2)=C(C23CC4CC(CC(C4)C2CP)C3)C1[Si](C)(C)C. The highest BCUT2D eigenvalue weighted by atomic mass is 31.0. The molecule has 37 heavy (non-hydrogen) atoms. The van der Waals surface area contributed by atoms with Crippen molar-refractivity contribution in [1.82, 2.24) is 9.97 Å². The van der Waals surface area contributed by atoms with Gasteiger partial charge in [0.2, 0.25) is 0 Å². The Morgan fingerprint density at radius 3 is 1.92 bits per heavy atom. The molecule has 0 amide bonds. The molecule has 5 aliphatic carbocycles. The van der Waals surface area contributed by atoms with Crippen LogP contribution in [-0.4, -0.2) is 32.3 Å². The number of aromatic nitrogens is 2. The van der Waals surface area contributed by atoms with E-state index in [1.165, 1.54) is 49.4 Å². The number of allylic oxidation sites excluding steroid dienone is 4. The molecule has 2 heterocycles. The predicted octanol–water partition coefficient (Wildman–Crippen LogP) is 8.60. The first kappa shape index (κ1) is 26.6. The number of hydrogen-bond donors (Lipinski definition) is 2. The molecular weight excluding hydrogens is 518 g/mol. The fraction of sp³-hybridized carbons (Fsp3) is 0.613. The lowest BCUT2D eigenvalue weighted by Crippen LogP contribution is -2.56. The molecule has 2 aromatic heterocycles. The van der Waals surface area contributed by atoms with Crippen LogP contribution in [0.1, 0.15) is 43.2 Å². The molecule has 4 bridgehead atoms. The van der Waals surface area contributed by atoms with E-state index in [0.717, 1.165) is 23.7 Å². The molecule has 6 atom stereocenters. The van der Waals surface area contributed by atoms with Gasteiger partial charge >= 0.3 is 0 Å². The maximum Gasteiger partial charge on any atom is 0.0728 e. The van der Waals surface area contributed by atoms with E-state index in [4.69, 9.17) is 0 Å². The van der Waals surface area contributed by atoms with E-state index in [9.17, 15) is 0 Å². The van der Waals surface area contributed by atoms with Gasteiger partial charge in [-0.2, -0.15) is 0 Å². The third-order valence-corrected chi connectivity index (χ3v) is 17.0. The fourth-order valence-corrected chi connectivity index (χ4v) is 17.6. The Morgan fingerprint density at radius 1 is 0.919 bits per heavy atom. The zero-order valence-corrected chi connectivity index (χ0v) is 28.1. The Balaban J connectivity index is 1.69. The monoisotopic (exact) mass is 566 g/mol. The molecule has 4 fully saturated rings. The molecular formula is C31H48N2P2Si2. The molecule has 0 aliphatic heterocycles. The Morgan fingerprint density at radius 2 is 1.49 bits per heavy atom. The third kappa shape index (κ3) is 3.98. The molecule has 4 saturated carbocycles. The molecule has 7 rings (SSSR count). The Labute approximate surface area is 231 Å². The van der Waals surface area contributed by atoms with Crippen LogP contribution in [0.4, 0.5) is 0 Å². The van der Waals surface area contributed by atoms with Crippen LogP contribution in [0.15, 0.2) is 59.3 Å². The van der Waals surface area contributed by atoms with Crippen LogP contribution in [0.3, 0.4) is 0 Å². The van der Waals surface area contributed by atoms with Crippen molar-refractivity contribution in [2.75, 3.05) is 6.16 Å². The quantitative estimate of drug-likeness (QED) is 0.248. The highest BCUT2D eigenvalue weighted by Crippen LogP contribution is 2.71. The summed E-state index contributed by atoms with van der Waals surface area (Å²) in [6, 6.07) is 4.64. The van der Waals surface area contributed by atoms with E-state index in [-0.39, 0.29) is 5.16 Å². The molecule has 6 unspecified atom stereocenters. The van der Waals surface area contributed by atoms with Crippen molar-refractivity contribution in [3.8, 4) is 0 Å². The van der Waals surface area contributed by atoms with Gasteiger partial charge in [0.1, 0.15) is 0 Å². The van der Waals surface area contributed by atoms with Crippen LogP contribution >= 0.6 is 18.5 Å². The minimum Gasteiger partial charge on any atom is -0.367 e. The van der Waals surface area contributed by atoms with Crippen molar-refractivity contribution in [2.45, 2.75) is 82.1 Å². The van der Waals surface area contributed by atoms with Gasteiger partial charge in [0, 0.05) is 24.8 Å². The van der Waals surface area contributed by atoms with Crippen molar-refractivity contribution in [3.05, 3.63) is 70.5 Å². The standard InChI is InChI=1S/C31H48N2P2Si2/c1-36(2,3)27-14-25(31(35,23-7-9-32-17-23)24-8-10-33-18-24)28(29(27)37(4,5)6)30-15-20-11-21(16-30)13-22(12-20)26(30)19-34/h7-10,14,17-18,20-22,26,29,32-33H,11-13,15-16,19,34-35H2,1-6H3. The van der Waals surface area contributed by atoms with E-state index in [2.05, 4.69) is 111 Å². The van der Waals surface area contributed by atoms with Gasteiger partial charge in [-0.1, -0.05) is 56.1 Å². The highest BCUT2D eigenvalue weighted by Gasteiger charge is 2.62. The predicted molar refractivity (Wildman–Crippen MR) is 172 cm³/mol. The number of nitrogens with one attached hydrogen (secondary N) is 2. The largest absolute Gasteiger partial charge is 0.367 e. The summed E-state index contributed by atoms with van der Waals surface area (Å²) in [6.07, 6.45) is 20.1. The van der Waals surface area contributed by atoms with Crippen molar-refractivity contribution < 1.29 is 0 Å². The van der Waals surface area contributed by atoms with E-state index in [0.29, 0.717) is 11.0 Å². The highest BCUT2D eigenvalue weighted by molar-refractivity contribution is 7.19. The summed E-state index contributed by atoms with van der Waals surface area (Å²) in [7, 11) is 3.53. The van der Waals surface area contributed by atoms with Gasteiger partial charge in [-0.25, -0.2) is 0 Å². The number of aromatic amines is 2. The molecule has 0 saturated heterocycles. The van der Waals surface area contributed by atoms with Crippen molar-refractivity contribution in [3.63, 3.8) is 0 Å². The number of H-pyrrole nitrogens is 2. The average molecular weight is 567 g/mol. The molecule has 2 N–H and O–H groups in total. The molecule has 200 valence electrons. The van der Waals surface area contributed by atoms with E-state index < -0.39 is 16.1 Å². The van der Waals surface area contributed by atoms with Crippen LogP contribution in [0, 0.1) is 29.1 Å². The first-order valence-corrected chi connectivity index (χ1v) is 23.1. The summed E-state index contributed by atoms with van der Waals surface area (Å²) in [6.45, 7) is 15.8. The first-order valence-electron chi connectivity index (χ1n) is 14.6. The summed E-state index contributed by atoms with van der Waals surface area (Å²) in [5.41, 5.74) is 7.34. The van der Waals surface area contributed by atoms with Crippen LogP contribution < -0.4 is 0 Å². The Hall–Kier alpha value is -0.666. The molecule has 0 aromatic carbocycles. The number of rotatable bonds is 7. The van der Waals surface area contributed by atoms with E-state index >= 15 is 0 Å². The van der Waals surface area contributed by atoms with Crippen molar-refractivity contribution in [1.29, 1.82) is 0 Å². The van der Waals surface area contributed by atoms with Crippen molar-refractivity contribution in [2.24, 2.45) is 29.1 Å². The molecule has 0 radical (unpaired) electrons. The van der Waals surface area contributed by atoms with Gasteiger partial charge < -0.3 is 9.97 Å². The maximum absolute atomic E-state index is 3.42. The topological polar surface area (TPSA) is 31.6 Å². The van der Waals surface area contributed by atoms with Gasteiger partial charge in [0.05, 0.1) is 21.3 Å². The maximum atomic E-state index is 3.42. The Bertz CT molecular complexity index is 1160. The van der Waals surface area contributed by atoms with Gasteiger partial charge in [-0.05, 0) is 102 Å². The summed E-state index contributed by atoms with van der Waals surface area (Å²) in [5, 5.41) is 1.61. The minimum absolute atomic E-state index is 0.233. The first-order chi connectivity index (χ1) is 17.4. The second-order valence-corrected chi connectivity index (χ2v) is 26.8. The van der Waals surface area contributed by atoms with Gasteiger partial charge in [-0.3, -0.25) is 0 Å². The minimum atomic E-state index is -1.57. The average Bonchev–Trinajstić information content (AvgIpc) is 3.58. The zero-order chi connectivity index (χ0) is 26.4. The molecule has 6 heteroatoms. The van der Waals surface area contributed by atoms with Crippen LogP contribution in [0.2, 0.25) is 44.8 Å². The summed E-state index contributed by atoms with van der Waals surface area (Å²) in [5.74, 6) is 3.62. The normalized spacial score (nSPS) is 33.9. The summed E-state index contributed by atoms with van der Waals surface area (Å²) in [4.78, 5) is 6.84. The lowest BCUT2D eigenvalue weighted by atomic mass is 9.43. The second kappa shape index (κ2) is 8.92. The van der Waals surface area contributed by atoms with Crippen molar-refractivity contribution >= 4 is 34.6 Å². The van der Waals surface area contributed by atoms with E-state index in [1.807, 2.05) is 10.8 Å². The summed E-state index contributed by atoms with van der Waals surface area (Å²) < 4.78 is 0. The van der Waals surface area contributed by atoms with Gasteiger partial charge in [-0.15, -0.1) is 18.5 Å². The zero-order valence-electron chi connectivity index (χ0n) is 23.8. The molecule has 0 spiro atoms. The smallest absolute Gasteiger partial charge is 0.0728 e. The third-order valence-electron chi connectivity index (χ3n) is 10.8. The van der Waals surface area contributed by atoms with Crippen LogP contribution in [0.5, 0.6) is 0 Å². The lowest BCUT2D eigenvalue weighted by molar-refractivity contribution is -0.0791. The number of hydrogen-bond acceptors (Lipinski definition) is 0. The van der Waals surface area contributed by atoms with Crippen LogP contribution in [-0.2, 0) is 5.16 Å².